The van der Waals surface area contributed by atoms with Crippen molar-refractivity contribution in [2.75, 3.05) is 40.0 Å². The molecule has 0 unspecified atom stereocenters. The standard InChI is InChI=1S/C22H48NO3S/c1-5-6-7-8-9-10-11-12-13-14-15-16-17-18-21-26-27(24,25)22-19-20-23(2,3)4/h5-22H2,1-4H3/q+1. The van der Waals surface area contributed by atoms with Crippen molar-refractivity contribution < 1.29 is 17.1 Å². The van der Waals surface area contributed by atoms with Gasteiger partial charge < -0.3 is 4.48 Å². The van der Waals surface area contributed by atoms with Crippen molar-refractivity contribution in [3.05, 3.63) is 0 Å². The van der Waals surface area contributed by atoms with E-state index in [0.29, 0.717) is 13.0 Å². The lowest BCUT2D eigenvalue weighted by atomic mass is 10.0. The third-order valence-corrected chi connectivity index (χ3v) is 6.30. The summed E-state index contributed by atoms with van der Waals surface area (Å²) in [4.78, 5) is 0. The zero-order valence-electron chi connectivity index (χ0n) is 18.8. The summed E-state index contributed by atoms with van der Waals surface area (Å²) in [5, 5.41) is 0. The van der Waals surface area contributed by atoms with Crippen LogP contribution in [0.15, 0.2) is 0 Å². The van der Waals surface area contributed by atoms with Crippen molar-refractivity contribution in [3.63, 3.8) is 0 Å². The summed E-state index contributed by atoms with van der Waals surface area (Å²) in [5.41, 5.74) is 0. The SMILES string of the molecule is CCCCCCCCCCCCCCCCOS(=O)(=O)CCC[N+](C)(C)C. The molecular formula is C22H48NO3S+. The summed E-state index contributed by atoms with van der Waals surface area (Å²) in [6.45, 7) is 3.47. The third-order valence-electron chi connectivity index (χ3n) is 4.98. The Morgan fingerprint density at radius 1 is 0.630 bits per heavy atom. The Hall–Kier alpha value is -0.130. The highest BCUT2D eigenvalue weighted by atomic mass is 32.2. The molecule has 0 aromatic heterocycles. The van der Waals surface area contributed by atoms with E-state index in [1.165, 1.54) is 77.0 Å². The van der Waals surface area contributed by atoms with Gasteiger partial charge in [-0.2, -0.15) is 8.42 Å². The van der Waals surface area contributed by atoms with Crippen LogP contribution >= 0.6 is 0 Å². The predicted octanol–water partition coefficient (Wildman–Crippen LogP) is 5.91. The topological polar surface area (TPSA) is 43.4 Å². The van der Waals surface area contributed by atoms with Crippen molar-refractivity contribution in [3.8, 4) is 0 Å². The number of quaternary nitrogens is 1. The number of unbranched alkanes of at least 4 members (excludes halogenated alkanes) is 13. The van der Waals surface area contributed by atoms with Crippen LogP contribution in [0.25, 0.3) is 0 Å². The largest absolute Gasteiger partial charge is 0.331 e. The lowest BCUT2D eigenvalue weighted by Gasteiger charge is -2.23. The van der Waals surface area contributed by atoms with E-state index in [0.717, 1.165) is 23.9 Å². The lowest BCUT2D eigenvalue weighted by Crippen LogP contribution is -2.36. The van der Waals surface area contributed by atoms with Gasteiger partial charge in [-0.25, -0.2) is 0 Å². The Bertz CT molecular complexity index is 416. The number of rotatable bonds is 20. The monoisotopic (exact) mass is 406 g/mol. The van der Waals surface area contributed by atoms with Gasteiger partial charge in [-0.1, -0.05) is 90.4 Å². The molecule has 0 atom stereocenters. The summed E-state index contributed by atoms with van der Waals surface area (Å²) in [5.74, 6) is 0.140. The lowest BCUT2D eigenvalue weighted by molar-refractivity contribution is -0.870. The molecule has 0 fully saturated rings. The zero-order chi connectivity index (χ0) is 20.4. The highest BCUT2D eigenvalue weighted by Gasteiger charge is 2.14. The van der Waals surface area contributed by atoms with E-state index >= 15 is 0 Å². The molecule has 0 N–H and O–H groups in total. The Labute approximate surface area is 170 Å². The van der Waals surface area contributed by atoms with Crippen LogP contribution in [-0.4, -0.2) is 52.9 Å². The van der Waals surface area contributed by atoms with Crippen LogP contribution in [0, 0.1) is 0 Å². The second-order valence-electron chi connectivity index (χ2n) is 9.05. The molecule has 0 bridgehead atoms. The van der Waals surface area contributed by atoms with Crippen LogP contribution in [0.2, 0.25) is 0 Å². The summed E-state index contributed by atoms with van der Waals surface area (Å²) in [6.07, 6.45) is 18.9. The first kappa shape index (κ1) is 26.9. The molecule has 0 spiro atoms. The van der Waals surface area contributed by atoms with Gasteiger partial charge in [0.25, 0.3) is 10.1 Å². The minimum atomic E-state index is -3.33. The molecule has 27 heavy (non-hydrogen) atoms. The van der Waals surface area contributed by atoms with E-state index < -0.39 is 10.1 Å². The average Bonchev–Trinajstić information content (AvgIpc) is 2.57. The molecule has 4 nitrogen and oxygen atoms in total. The number of nitrogens with zero attached hydrogens (tertiary/aromatic N) is 1. The Kier molecular flexibility index (Phi) is 16.7. The fourth-order valence-electron chi connectivity index (χ4n) is 3.26. The second-order valence-corrected chi connectivity index (χ2v) is 10.8. The van der Waals surface area contributed by atoms with E-state index in [4.69, 9.17) is 4.18 Å². The van der Waals surface area contributed by atoms with E-state index in [2.05, 4.69) is 28.1 Å². The fourth-order valence-corrected chi connectivity index (χ4v) is 4.23. The van der Waals surface area contributed by atoms with Gasteiger partial charge in [-0.3, -0.25) is 4.18 Å². The van der Waals surface area contributed by atoms with Crippen molar-refractivity contribution >= 4 is 10.1 Å². The van der Waals surface area contributed by atoms with Crippen LogP contribution in [0.1, 0.15) is 103 Å². The molecule has 0 radical (unpaired) electrons. The van der Waals surface area contributed by atoms with Crippen LogP contribution < -0.4 is 0 Å². The molecular weight excluding hydrogens is 358 g/mol. The van der Waals surface area contributed by atoms with E-state index in [-0.39, 0.29) is 5.75 Å². The molecule has 0 aromatic rings. The van der Waals surface area contributed by atoms with Gasteiger partial charge in [0.05, 0.1) is 40.0 Å². The van der Waals surface area contributed by atoms with Gasteiger partial charge >= 0.3 is 0 Å². The average molecular weight is 407 g/mol. The van der Waals surface area contributed by atoms with E-state index in [9.17, 15) is 8.42 Å². The van der Waals surface area contributed by atoms with Crippen molar-refractivity contribution in [1.29, 1.82) is 0 Å². The Morgan fingerprint density at radius 2 is 1.04 bits per heavy atom. The maximum Gasteiger partial charge on any atom is 0.267 e. The molecule has 5 heteroatoms. The highest BCUT2D eigenvalue weighted by Crippen LogP contribution is 2.13. The van der Waals surface area contributed by atoms with Gasteiger partial charge in [-0.05, 0) is 6.42 Å². The number of hydrogen-bond donors (Lipinski definition) is 0. The normalized spacial score (nSPS) is 12.6. The molecule has 0 aliphatic rings. The summed E-state index contributed by atoms with van der Waals surface area (Å²) < 4.78 is 29.5. The highest BCUT2D eigenvalue weighted by molar-refractivity contribution is 7.86. The van der Waals surface area contributed by atoms with Crippen LogP contribution in [0.5, 0.6) is 0 Å². The first-order valence-electron chi connectivity index (χ1n) is 11.4. The van der Waals surface area contributed by atoms with Crippen molar-refractivity contribution in [2.24, 2.45) is 0 Å². The van der Waals surface area contributed by atoms with Crippen LogP contribution in [0.3, 0.4) is 0 Å². The smallest absolute Gasteiger partial charge is 0.267 e. The predicted molar refractivity (Wildman–Crippen MR) is 118 cm³/mol. The molecule has 0 aliphatic heterocycles. The maximum atomic E-state index is 11.8. The van der Waals surface area contributed by atoms with Crippen LogP contribution in [-0.2, 0) is 14.3 Å². The summed E-state index contributed by atoms with van der Waals surface area (Å²) >= 11 is 0. The van der Waals surface area contributed by atoms with Crippen molar-refractivity contribution in [1.82, 2.24) is 0 Å². The maximum absolute atomic E-state index is 11.8. The third kappa shape index (κ3) is 22.0. The fraction of sp³-hybridized carbons (Fsp3) is 1.00. The van der Waals surface area contributed by atoms with Crippen LogP contribution in [0.4, 0.5) is 0 Å². The van der Waals surface area contributed by atoms with Crippen molar-refractivity contribution in [2.45, 2.75) is 103 Å². The van der Waals surface area contributed by atoms with Gasteiger partial charge in [0.15, 0.2) is 0 Å². The Balaban J connectivity index is 3.32. The van der Waals surface area contributed by atoms with Gasteiger partial charge in [0.1, 0.15) is 0 Å². The van der Waals surface area contributed by atoms with Gasteiger partial charge in [0, 0.05) is 6.42 Å². The molecule has 0 amide bonds. The summed E-state index contributed by atoms with van der Waals surface area (Å²) in [6, 6.07) is 0. The molecule has 0 aromatic carbocycles. The first-order valence-corrected chi connectivity index (χ1v) is 13.0. The van der Waals surface area contributed by atoms with E-state index in [1.807, 2.05) is 0 Å². The zero-order valence-corrected chi connectivity index (χ0v) is 19.6. The number of hydrogen-bond acceptors (Lipinski definition) is 3. The quantitative estimate of drug-likeness (QED) is 0.143. The van der Waals surface area contributed by atoms with Gasteiger partial charge in [-0.15, -0.1) is 0 Å². The molecule has 0 saturated carbocycles. The van der Waals surface area contributed by atoms with Gasteiger partial charge in [0.2, 0.25) is 0 Å². The second kappa shape index (κ2) is 16.8. The molecule has 0 heterocycles. The molecule has 164 valence electrons. The molecule has 0 rings (SSSR count). The minimum Gasteiger partial charge on any atom is -0.331 e. The minimum absolute atomic E-state index is 0.140. The first-order chi connectivity index (χ1) is 12.8. The summed E-state index contributed by atoms with van der Waals surface area (Å²) in [7, 11) is 2.88. The Morgan fingerprint density at radius 3 is 1.44 bits per heavy atom. The molecule has 0 aliphatic carbocycles. The molecule has 0 saturated heterocycles. The van der Waals surface area contributed by atoms with E-state index in [1.54, 1.807) is 0 Å².